The molecule has 0 spiro atoms. The Morgan fingerprint density at radius 1 is 0.656 bits per heavy atom. The summed E-state index contributed by atoms with van der Waals surface area (Å²) in [5.41, 5.74) is 0. The van der Waals surface area contributed by atoms with Gasteiger partial charge in [0.2, 0.25) is 0 Å². The molecule has 0 atom stereocenters. The minimum atomic E-state index is -2.84. The summed E-state index contributed by atoms with van der Waals surface area (Å²) in [6, 6.07) is 2.41. The molecular formula is C19H48N2O7SSi3. The molecule has 2 N–H and O–H groups in total. The van der Waals surface area contributed by atoms with Crippen LogP contribution in [0.4, 0.5) is 0 Å². The fourth-order valence-corrected chi connectivity index (χ4v) is 9.75. The average molecular weight is 533 g/mol. The quantitative estimate of drug-likeness (QED) is 0.131. The van der Waals surface area contributed by atoms with Gasteiger partial charge in [-0.15, -0.1) is 11.8 Å². The van der Waals surface area contributed by atoms with E-state index in [9.17, 15) is 0 Å². The zero-order valence-corrected chi connectivity index (χ0v) is 25.7. The van der Waals surface area contributed by atoms with E-state index >= 15 is 0 Å². The Morgan fingerprint density at radius 3 is 1.31 bits per heavy atom. The van der Waals surface area contributed by atoms with Gasteiger partial charge in [-0.3, -0.25) is 10.6 Å². The van der Waals surface area contributed by atoms with Crippen molar-refractivity contribution in [3.05, 3.63) is 0 Å². The fourth-order valence-electron chi connectivity index (χ4n) is 3.33. The molecule has 0 fully saturated rings. The largest absolute Gasteiger partial charge is 0.504 e. The maximum Gasteiger partial charge on any atom is 0.504 e. The van der Waals surface area contributed by atoms with Crippen molar-refractivity contribution in [2.75, 3.05) is 68.6 Å². The van der Waals surface area contributed by atoms with Crippen LogP contribution in [-0.4, -0.2) is 99.5 Å². The summed E-state index contributed by atoms with van der Waals surface area (Å²) in [4.78, 5) is -0.445. The van der Waals surface area contributed by atoms with Gasteiger partial charge >= 0.3 is 25.9 Å². The summed E-state index contributed by atoms with van der Waals surface area (Å²) in [6.45, 7) is 7.94. The van der Waals surface area contributed by atoms with Crippen LogP contribution in [0.3, 0.4) is 0 Å². The summed E-state index contributed by atoms with van der Waals surface area (Å²) >= 11 is 1.81. The lowest BCUT2D eigenvalue weighted by Crippen LogP contribution is -2.61. The Kier molecular flexibility index (Phi) is 16.7. The molecule has 0 aliphatic rings. The van der Waals surface area contributed by atoms with Crippen molar-refractivity contribution in [2.45, 2.75) is 56.0 Å². The highest BCUT2D eigenvalue weighted by atomic mass is 32.2. The highest BCUT2D eigenvalue weighted by Gasteiger charge is 2.48. The van der Waals surface area contributed by atoms with Crippen molar-refractivity contribution >= 4 is 37.7 Å². The number of rotatable bonds is 21. The van der Waals surface area contributed by atoms with Gasteiger partial charge in [0.15, 0.2) is 0 Å². The second-order valence-electron chi connectivity index (χ2n) is 7.88. The van der Waals surface area contributed by atoms with Crippen LogP contribution in [-0.2, 0) is 31.0 Å². The Morgan fingerprint density at radius 2 is 1.03 bits per heavy atom. The third-order valence-electron chi connectivity index (χ3n) is 5.95. The van der Waals surface area contributed by atoms with Crippen molar-refractivity contribution in [1.82, 2.24) is 10.6 Å². The van der Waals surface area contributed by atoms with Gasteiger partial charge in [-0.25, -0.2) is 0 Å². The molecule has 9 nitrogen and oxygen atoms in total. The Hall–Kier alpha value is 0.641. The number of thioether (sulfide) groups is 1. The van der Waals surface area contributed by atoms with E-state index in [1.807, 2.05) is 0 Å². The molecule has 0 rings (SSSR count). The van der Waals surface area contributed by atoms with Crippen molar-refractivity contribution < 1.29 is 31.0 Å². The van der Waals surface area contributed by atoms with Gasteiger partial charge < -0.3 is 31.0 Å². The lowest BCUT2D eigenvalue weighted by atomic mass is 10.4. The average Bonchev–Trinajstić information content (AvgIpc) is 2.83. The monoisotopic (exact) mass is 532 g/mol. The summed E-state index contributed by atoms with van der Waals surface area (Å²) < 4.78 is 39.8. The zero-order valence-electron chi connectivity index (χ0n) is 21.9. The maximum absolute atomic E-state index is 5.76. The van der Waals surface area contributed by atoms with E-state index in [-0.39, 0.29) is 0 Å². The van der Waals surface area contributed by atoms with E-state index in [0.29, 0.717) is 6.04 Å². The van der Waals surface area contributed by atoms with Gasteiger partial charge in [0, 0.05) is 49.8 Å². The third kappa shape index (κ3) is 10.9. The van der Waals surface area contributed by atoms with Crippen molar-refractivity contribution in [3.8, 4) is 0 Å². The van der Waals surface area contributed by atoms with Crippen molar-refractivity contribution in [1.29, 1.82) is 0 Å². The normalized spacial score (nSPS) is 13.7. The van der Waals surface area contributed by atoms with Crippen LogP contribution in [0.5, 0.6) is 0 Å². The molecule has 0 aliphatic heterocycles. The lowest BCUT2D eigenvalue weighted by Gasteiger charge is -2.40. The predicted octanol–water partition coefficient (Wildman–Crippen LogP) is 2.96. The number of nitrogens with one attached hydrogen (secondary N) is 2. The number of hydrogen-bond donors (Lipinski definition) is 2. The molecule has 32 heavy (non-hydrogen) atoms. The number of hydrogen-bond acceptors (Lipinski definition) is 10. The second kappa shape index (κ2) is 16.3. The van der Waals surface area contributed by atoms with Crippen LogP contribution in [0.2, 0.25) is 31.2 Å². The van der Waals surface area contributed by atoms with Crippen LogP contribution in [0.25, 0.3) is 0 Å². The minimum Gasteiger partial charge on any atom is -0.398 e. The topological polar surface area (TPSA) is 88.7 Å². The van der Waals surface area contributed by atoms with E-state index in [1.165, 1.54) is 0 Å². The van der Waals surface area contributed by atoms with Gasteiger partial charge in [0.25, 0.3) is 0 Å². The Labute approximate surface area is 203 Å². The molecule has 0 aliphatic carbocycles. The molecule has 0 bridgehead atoms. The van der Waals surface area contributed by atoms with E-state index in [4.69, 9.17) is 31.0 Å². The fraction of sp³-hybridized carbons (Fsp3) is 1.00. The smallest absolute Gasteiger partial charge is 0.398 e. The molecule has 0 saturated carbocycles. The zero-order chi connectivity index (χ0) is 24.7. The van der Waals surface area contributed by atoms with Crippen LogP contribution >= 0.6 is 11.8 Å². The third-order valence-corrected chi connectivity index (χ3v) is 16.2. The molecule has 0 aromatic carbocycles. The first-order valence-corrected chi connectivity index (χ1v) is 19.1. The molecule has 0 unspecified atom stereocenters. The van der Waals surface area contributed by atoms with Crippen LogP contribution in [0.1, 0.15) is 19.8 Å². The highest BCUT2D eigenvalue weighted by molar-refractivity contribution is 8.00. The van der Waals surface area contributed by atoms with Crippen LogP contribution < -0.4 is 10.6 Å². The predicted molar refractivity (Wildman–Crippen MR) is 139 cm³/mol. The van der Waals surface area contributed by atoms with Gasteiger partial charge in [-0.05, 0) is 56.9 Å². The van der Waals surface area contributed by atoms with Gasteiger partial charge in [0.1, 0.15) is 4.99 Å². The molecule has 0 aromatic rings. The molecule has 13 heteroatoms. The molecule has 0 aromatic heterocycles. The summed E-state index contributed by atoms with van der Waals surface area (Å²) in [5.74, 6) is 0.923. The van der Waals surface area contributed by atoms with E-state index in [2.05, 4.69) is 30.7 Å². The van der Waals surface area contributed by atoms with Crippen LogP contribution in [0.15, 0.2) is 0 Å². The minimum absolute atomic E-state index is 0.445. The molecule has 194 valence electrons. The first kappa shape index (κ1) is 32.6. The lowest BCUT2D eigenvalue weighted by molar-refractivity contribution is 0.116. The van der Waals surface area contributed by atoms with E-state index in [1.54, 1.807) is 61.5 Å². The Bertz CT molecular complexity index is 452. The second-order valence-corrected chi connectivity index (χ2v) is 19.6. The summed E-state index contributed by atoms with van der Waals surface area (Å²) in [6.07, 6.45) is 1.88. The van der Waals surface area contributed by atoms with Crippen molar-refractivity contribution in [3.63, 3.8) is 0 Å². The summed E-state index contributed by atoms with van der Waals surface area (Å²) in [7, 11) is 4.86. The van der Waals surface area contributed by atoms with E-state index < -0.39 is 30.9 Å². The van der Waals surface area contributed by atoms with Gasteiger partial charge in [-0.1, -0.05) is 6.92 Å². The molecular weight excluding hydrogens is 485 g/mol. The molecule has 0 radical (unpaired) electrons. The van der Waals surface area contributed by atoms with Crippen molar-refractivity contribution in [2.24, 2.45) is 0 Å². The first-order valence-electron chi connectivity index (χ1n) is 11.1. The molecule has 0 heterocycles. The standard InChI is InChI=1S/C19H48N2O7SSi3/c1-11-29-19(18-32(26-6,27-7)28-8,20-14-12-16-30(9,22-2)23-3)21-15-13-17-31(10,24-4)25-5/h20-21H,11-18H2,1-10H3. The van der Waals surface area contributed by atoms with E-state index in [0.717, 1.165) is 43.8 Å². The van der Waals surface area contributed by atoms with Gasteiger partial charge in [0.05, 0.1) is 6.04 Å². The SMILES string of the molecule is CCSC(C[Si](OC)(OC)OC)(NCCC[Si](C)(OC)OC)NCCC[Si](C)(OC)OC. The maximum atomic E-state index is 5.76. The Balaban J connectivity index is 5.36. The van der Waals surface area contributed by atoms with Gasteiger partial charge in [-0.2, -0.15) is 0 Å². The first-order chi connectivity index (χ1) is 15.1. The molecule has 0 saturated heterocycles. The molecule has 0 amide bonds. The highest BCUT2D eigenvalue weighted by Crippen LogP contribution is 2.31. The van der Waals surface area contributed by atoms with Crippen LogP contribution in [0, 0.1) is 0 Å². The summed E-state index contributed by atoms with van der Waals surface area (Å²) in [5, 5.41) is 7.49.